The Labute approximate surface area is 87.5 Å². The third kappa shape index (κ3) is 1.89. The number of quaternary nitrogens is 1. The lowest BCUT2D eigenvalue weighted by Gasteiger charge is -2.25. The molecule has 0 amide bonds. The van der Waals surface area contributed by atoms with E-state index in [1.54, 1.807) is 31.2 Å². The van der Waals surface area contributed by atoms with Crippen molar-refractivity contribution < 1.29 is 15.6 Å². The molecule has 1 aromatic carbocycles. The maximum Gasteiger partial charge on any atom is 0.160 e. The Kier molecular flexibility index (Phi) is 3.13. The van der Waals surface area contributed by atoms with E-state index in [0.717, 1.165) is 0 Å². The molecule has 1 atom stereocenters. The van der Waals surface area contributed by atoms with Gasteiger partial charge in [-0.05, 0) is 12.1 Å². The minimum Gasteiger partial charge on any atom is -0.543 e. The van der Waals surface area contributed by atoms with Crippen LogP contribution in [0.25, 0.3) is 0 Å². The number of hydrogen-bond donors (Lipinski definition) is 1. The summed E-state index contributed by atoms with van der Waals surface area (Å²) in [5.74, 6) is -1.18. The second-order valence-electron chi connectivity index (χ2n) is 3.23. The molecule has 1 rings (SSSR count). The van der Waals surface area contributed by atoms with E-state index >= 15 is 0 Å². The summed E-state index contributed by atoms with van der Waals surface area (Å²) >= 11 is 5.77. The minimum absolute atomic E-state index is 0.371. The molecule has 0 radical (unpaired) electrons. The number of rotatable bonds is 3. The van der Waals surface area contributed by atoms with Crippen LogP contribution in [-0.4, -0.2) is 5.97 Å². The van der Waals surface area contributed by atoms with Gasteiger partial charge in [0.05, 0.1) is 0 Å². The van der Waals surface area contributed by atoms with Crippen molar-refractivity contribution in [1.82, 2.24) is 0 Å². The van der Waals surface area contributed by atoms with E-state index in [9.17, 15) is 9.90 Å². The molecule has 0 saturated carbocycles. The molecular formula is C10H12ClNO2. The lowest BCUT2D eigenvalue weighted by Crippen LogP contribution is -2.76. The Morgan fingerprint density at radius 3 is 2.71 bits per heavy atom. The van der Waals surface area contributed by atoms with Gasteiger partial charge in [-0.15, -0.1) is 0 Å². The summed E-state index contributed by atoms with van der Waals surface area (Å²) in [6.45, 7) is 1.75. The molecule has 0 aliphatic rings. The highest BCUT2D eigenvalue weighted by atomic mass is 35.5. The second kappa shape index (κ2) is 3.98. The largest absolute Gasteiger partial charge is 0.543 e. The lowest BCUT2D eigenvalue weighted by molar-refractivity contribution is -0.495. The number of benzene rings is 1. The standard InChI is InChI=1S/C10H12ClNO2/c1-2-10(12,9(13)14)7-4-3-5-8(11)6-7/h3-6H,2,12H2,1H3,(H,13,14)/t10-/m1/s1. The second-order valence-corrected chi connectivity index (χ2v) is 3.67. The Morgan fingerprint density at radius 1 is 1.64 bits per heavy atom. The molecule has 0 aliphatic heterocycles. The fourth-order valence-electron chi connectivity index (χ4n) is 1.25. The first-order valence-electron chi connectivity index (χ1n) is 4.33. The van der Waals surface area contributed by atoms with Crippen LogP contribution in [0.15, 0.2) is 24.3 Å². The summed E-state index contributed by atoms with van der Waals surface area (Å²) < 4.78 is 0. The average Bonchev–Trinajstić information content (AvgIpc) is 2.16. The van der Waals surface area contributed by atoms with Crippen LogP contribution in [0.4, 0.5) is 0 Å². The summed E-state index contributed by atoms with van der Waals surface area (Å²) in [4.78, 5) is 10.9. The highest BCUT2D eigenvalue weighted by Gasteiger charge is 2.31. The van der Waals surface area contributed by atoms with Gasteiger partial charge >= 0.3 is 0 Å². The summed E-state index contributed by atoms with van der Waals surface area (Å²) in [7, 11) is 0. The smallest absolute Gasteiger partial charge is 0.160 e. The summed E-state index contributed by atoms with van der Waals surface area (Å²) in [6, 6.07) is 6.69. The summed E-state index contributed by atoms with van der Waals surface area (Å²) in [5, 5.41) is 11.5. The molecule has 0 heterocycles. The molecule has 0 fully saturated rings. The van der Waals surface area contributed by atoms with Gasteiger partial charge in [0, 0.05) is 17.0 Å². The molecule has 76 valence electrons. The predicted molar refractivity (Wildman–Crippen MR) is 51.3 cm³/mol. The van der Waals surface area contributed by atoms with Crippen LogP contribution in [0.3, 0.4) is 0 Å². The van der Waals surface area contributed by atoms with E-state index in [1.807, 2.05) is 0 Å². The third-order valence-corrected chi connectivity index (χ3v) is 2.61. The van der Waals surface area contributed by atoms with Crippen molar-refractivity contribution in [3.63, 3.8) is 0 Å². The summed E-state index contributed by atoms with van der Waals surface area (Å²) in [5.41, 5.74) is 3.05. The molecule has 3 N–H and O–H groups in total. The monoisotopic (exact) mass is 213 g/mol. The topological polar surface area (TPSA) is 67.8 Å². The van der Waals surface area contributed by atoms with Crippen molar-refractivity contribution in [3.05, 3.63) is 34.9 Å². The molecule has 1 aromatic rings. The predicted octanol–water partition coefficient (Wildman–Crippen LogP) is -0.0629. The molecule has 0 aliphatic carbocycles. The normalized spacial score (nSPS) is 14.8. The zero-order chi connectivity index (χ0) is 10.8. The molecule has 4 heteroatoms. The average molecular weight is 214 g/mol. The zero-order valence-electron chi connectivity index (χ0n) is 7.92. The molecule has 0 unspecified atom stereocenters. The molecule has 14 heavy (non-hydrogen) atoms. The lowest BCUT2D eigenvalue weighted by atomic mass is 9.88. The SMILES string of the molecule is CC[C@]([NH3+])(C(=O)[O-])c1cccc(Cl)c1. The number of carbonyl (C=O) groups excluding carboxylic acids is 1. The van der Waals surface area contributed by atoms with Gasteiger partial charge in [-0.2, -0.15) is 0 Å². The maximum atomic E-state index is 10.9. The first-order valence-corrected chi connectivity index (χ1v) is 4.71. The van der Waals surface area contributed by atoms with Gasteiger partial charge < -0.3 is 15.6 Å². The van der Waals surface area contributed by atoms with Crippen molar-refractivity contribution in [2.75, 3.05) is 0 Å². The fraction of sp³-hybridized carbons (Fsp3) is 0.300. The van der Waals surface area contributed by atoms with Gasteiger partial charge in [0.25, 0.3) is 0 Å². The highest BCUT2D eigenvalue weighted by Crippen LogP contribution is 2.22. The van der Waals surface area contributed by atoms with Crippen LogP contribution in [-0.2, 0) is 10.3 Å². The number of carboxylic acid groups (broad SMARTS) is 1. The van der Waals surface area contributed by atoms with Crippen LogP contribution in [0.5, 0.6) is 0 Å². The van der Waals surface area contributed by atoms with Gasteiger partial charge in [-0.1, -0.05) is 30.7 Å². The highest BCUT2D eigenvalue weighted by molar-refractivity contribution is 6.30. The van der Waals surface area contributed by atoms with E-state index < -0.39 is 11.5 Å². The van der Waals surface area contributed by atoms with Crippen LogP contribution >= 0.6 is 11.6 Å². The number of carbonyl (C=O) groups is 1. The number of aliphatic carboxylic acids is 1. The van der Waals surface area contributed by atoms with Gasteiger partial charge in [-0.25, -0.2) is 0 Å². The van der Waals surface area contributed by atoms with Crippen molar-refractivity contribution in [2.24, 2.45) is 0 Å². The summed E-state index contributed by atoms with van der Waals surface area (Å²) in [6.07, 6.45) is 0.371. The van der Waals surface area contributed by atoms with Gasteiger partial charge in [-0.3, -0.25) is 0 Å². The van der Waals surface area contributed by atoms with Crippen molar-refractivity contribution in [2.45, 2.75) is 18.9 Å². The zero-order valence-corrected chi connectivity index (χ0v) is 8.67. The van der Waals surface area contributed by atoms with E-state index in [0.29, 0.717) is 17.0 Å². The van der Waals surface area contributed by atoms with Gasteiger partial charge in [0.2, 0.25) is 0 Å². The fourth-order valence-corrected chi connectivity index (χ4v) is 1.44. The molecule has 0 spiro atoms. The Balaban J connectivity index is 3.19. The minimum atomic E-state index is -1.20. The Morgan fingerprint density at radius 2 is 2.29 bits per heavy atom. The van der Waals surface area contributed by atoms with E-state index in [-0.39, 0.29) is 0 Å². The molecule has 3 nitrogen and oxygen atoms in total. The van der Waals surface area contributed by atoms with E-state index in [2.05, 4.69) is 5.73 Å². The number of hydrogen-bond acceptors (Lipinski definition) is 2. The first kappa shape index (κ1) is 11.0. The van der Waals surface area contributed by atoms with Crippen molar-refractivity contribution in [1.29, 1.82) is 0 Å². The van der Waals surface area contributed by atoms with E-state index in [4.69, 9.17) is 11.6 Å². The molecule has 0 aromatic heterocycles. The number of carboxylic acids is 1. The Bertz CT molecular complexity index is 354. The van der Waals surface area contributed by atoms with Crippen LogP contribution in [0, 0.1) is 0 Å². The van der Waals surface area contributed by atoms with Crippen LogP contribution in [0.2, 0.25) is 5.02 Å². The maximum absolute atomic E-state index is 10.9. The van der Waals surface area contributed by atoms with E-state index in [1.165, 1.54) is 0 Å². The first-order chi connectivity index (χ1) is 6.50. The Hall–Kier alpha value is -1.06. The van der Waals surface area contributed by atoms with Crippen LogP contribution in [0.1, 0.15) is 18.9 Å². The molecular weight excluding hydrogens is 202 g/mol. The number of halogens is 1. The van der Waals surface area contributed by atoms with Crippen LogP contribution < -0.4 is 10.8 Å². The third-order valence-electron chi connectivity index (χ3n) is 2.37. The van der Waals surface area contributed by atoms with Gasteiger partial charge in [0.15, 0.2) is 5.54 Å². The molecule has 0 saturated heterocycles. The quantitative estimate of drug-likeness (QED) is 0.764. The molecule has 0 bridgehead atoms. The van der Waals surface area contributed by atoms with Gasteiger partial charge in [0.1, 0.15) is 5.97 Å². The van der Waals surface area contributed by atoms with Crippen molar-refractivity contribution >= 4 is 17.6 Å². The van der Waals surface area contributed by atoms with Crippen molar-refractivity contribution in [3.8, 4) is 0 Å².